The molecule has 0 atom stereocenters. The molecule has 0 spiro atoms. The Morgan fingerprint density at radius 2 is 2.33 bits per heavy atom. The summed E-state index contributed by atoms with van der Waals surface area (Å²) in [6, 6.07) is 0.528. The highest BCUT2D eigenvalue weighted by Gasteiger charge is 1.73. The van der Waals surface area contributed by atoms with E-state index in [2.05, 4.69) is 17.9 Å². The lowest BCUT2D eigenvalue weighted by Crippen LogP contribution is -2.13. The number of hydrogen-bond donors (Lipinski definition) is 2. The average molecular weight is 126 g/mol. The van der Waals surface area contributed by atoms with Gasteiger partial charge in [-0.05, 0) is 0 Å². The summed E-state index contributed by atoms with van der Waals surface area (Å²) >= 11 is 9.17. The van der Waals surface area contributed by atoms with Crippen LogP contribution in [0.1, 0.15) is 0 Å². The molecule has 0 amide bonds. The Morgan fingerprint density at radius 1 is 1.67 bits per heavy atom. The normalized spacial score (nSPS) is 9.00. The number of hydrogen-bond acceptors (Lipinski definition) is 2. The fourth-order valence-electron chi connectivity index (χ4n) is 0.146. The molecule has 0 aromatic heterocycles. The summed E-state index contributed by atoms with van der Waals surface area (Å²) in [6.45, 7) is 0.895. The van der Waals surface area contributed by atoms with Gasteiger partial charge >= 0.3 is 0 Å². The molecule has 0 aliphatic carbocycles. The Morgan fingerprint density at radius 3 is 2.50 bits per heavy atom. The summed E-state index contributed by atoms with van der Waals surface area (Å²) in [5.41, 5.74) is 0. The van der Waals surface area contributed by atoms with Gasteiger partial charge in [0, 0.05) is 12.3 Å². The second kappa shape index (κ2) is 5.60. The molecule has 0 bridgehead atoms. The fraction of sp³-hybridized carbons (Fsp3) is 1.00. The summed E-state index contributed by atoms with van der Waals surface area (Å²) in [5.74, 6) is 0.854. The third-order valence-corrected chi connectivity index (χ3v) is 0.796. The molecule has 0 aromatic rings. The molecule has 0 fully saturated rings. The average Bonchev–Trinajstić information content (AvgIpc) is 1.61. The number of rotatable bonds is 3. The van der Waals surface area contributed by atoms with Crippen molar-refractivity contribution in [3.05, 3.63) is 0 Å². The van der Waals surface area contributed by atoms with Gasteiger partial charge in [0.15, 0.2) is 0 Å². The molecule has 1 nitrogen and oxygen atoms in total. The van der Waals surface area contributed by atoms with Gasteiger partial charge in [0.2, 0.25) is 0 Å². The van der Waals surface area contributed by atoms with Gasteiger partial charge in [-0.1, -0.05) is 0 Å². The minimum atomic E-state index is 0.528. The van der Waals surface area contributed by atoms with Crippen molar-refractivity contribution in [2.75, 3.05) is 18.3 Å². The van der Waals surface area contributed by atoms with Gasteiger partial charge in [-0.15, -0.1) is 11.6 Å². The van der Waals surface area contributed by atoms with Crippen molar-refractivity contribution in [3.63, 3.8) is 0 Å². The Balaban J connectivity index is 2.34. The summed E-state index contributed by atoms with van der Waals surface area (Å²) < 4.78 is 0. The van der Waals surface area contributed by atoms with Crippen molar-refractivity contribution in [1.29, 1.82) is 0 Å². The number of alkyl halides is 1. The first-order chi connectivity index (χ1) is 2.91. The van der Waals surface area contributed by atoms with Crippen LogP contribution >= 0.6 is 24.2 Å². The second-order valence-corrected chi connectivity index (χ2v) is 1.57. The van der Waals surface area contributed by atoms with Gasteiger partial charge in [0.25, 0.3) is 0 Å². The highest BCUT2D eigenvalue weighted by Crippen LogP contribution is 1.69. The van der Waals surface area contributed by atoms with E-state index in [1.54, 1.807) is 0 Å². The van der Waals surface area contributed by atoms with Crippen molar-refractivity contribution in [2.24, 2.45) is 0 Å². The Bertz CT molecular complexity index is 22.8. The molecule has 0 unspecified atom stereocenters. The summed E-state index contributed by atoms with van der Waals surface area (Å²) in [5, 5.41) is 2.89. The van der Waals surface area contributed by atoms with Crippen LogP contribution in [0, 0.1) is 0 Å². The molecule has 0 rings (SSSR count). The van der Waals surface area contributed by atoms with E-state index < -0.39 is 0 Å². The molecule has 0 aromatic carbocycles. The maximum absolute atomic E-state index is 5.24. The maximum Gasteiger partial charge on any atom is 0.0713 e. The van der Waals surface area contributed by atoms with E-state index in [0.29, 0.717) is 6.00 Å². The number of halogens is 1. The Kier molecular flexibility index (Phi) is 6.16. The van der Waals surface area contributed by atoms with Crippen LogP contribution in [0.5, 0.6) is 0 Å². The van der Waals surface area contributed by atoms with Crippen molar-refractivity contribution in [1.82, 2.24) is 5.32 Å². The lowest BCUT2D eigenvalue weighted by atomic mass is 10.8. The topological polar surface area (TPSA) is 12.0 Å². The van der Waals surface area contributed by atoms with Gasteiger partial charge in [0.1, 0.15) is 0 Å². The lowest BCUT2D eigenvalue weighted by molar-refractivity contribution is 0.844. The smallest absolute Gasteiger partial charge is 0.0713 e. The largest absolute Gasteiger partial charge is 0.303 e. The first-order valence-corrected chi connectivity index (χ1v) is 2.96. The number of thiol groups is 1. The first kappa shape index (κ1) is 6.60. The zero-order valence-corrected chi connectivity index (χ0v) is 5.10. The van der Waals surface area contributed by atoms with Crippen molar-refractivity contribution in [3.8, 4) is 0 Å². The molecule has 38 valence electrons. The van der Waals surface area contributed by atoms with E-state index in [1.165, 1.54) is 0 Å². The molecule has 3 heteroatoms. The second-order valence-electron chi connectivity index (χ2n) is 0.857. The van der Waals surface area contributed by atoms with Crippen molar-refractivity contribution in [2.45, 2.75) is 0 Å². The number of nitrogens with one attached hydrogen (secondary N) is 1. The predicted molar refractivity (Wildman–Crippen MR) is 32.6 cm³/mol. The summed E-state index contributed by atoms with van der Waals surface area (Å²) in [4.78, 5) is 0. The van der Waals surface area contributed by atoms with Crippen LogP contribution in [0.4, 0.5) is 0 Å². The minimum Gasteiger partial charge on any atom is -0.303 e. The van der Waals surface area contributed by atoms with Crippen LogP contribution in [-0.2, 0) is 0 Å². The van der Waals surface area contributed by atoms with Crippen LogP contribution in [0.25, 0.3) is 0 Å². The molecule has 0 saturated carbocycles. The molecular weight excluding hydrogens is 118 g/mol. The molecule has 6 heavy (non-hydrogen) atoms. The lowest BCUT2D eigenvalue weighted by Gasteiger charge is -1.89. The minimum absolute atomic E-state index is 0.528. The molecule has 1 N–H and O–H groups in total. The molecule has 0 radical (unpaired) electrons. The van der Waals surface area contributed by atoms with Crippen molar-refractivity contribution < 1.29 is 0 Å². The quantitative estimate of drug-likeness (QED) is 0.245. The van der Waals surface area contributed by atoms with E-state index in [-0.39, 0.29) is 0 Å². The van der Waals surface area contributed by atoms with Crippen LogP contribution in [0.15, 0.2) is 0 Å². The summed E-state index contributed by atoms with van der Waals surface area (Å²) in [6.07, 6.45) is 0. The highest BCUT2D eigenvalue weighted by atomic mass is 35.5. The maximum atomic E-state index is 5.24. The van der Waals surface area contributed by atoms with E-state index >= 15 is 0 Å². The predicted octanol–water partition coefficient (Wildman–Crippen LogP) is 0.702. The molecule has 0 aliphatic rings. The van der Waals surface area contributed by atoms with E-state index in [4.69, 9.17) is 11.6 Å². The Hall–Kier alpha value is 0.600. The Labute approximate surface area is 48.5 Å². The molecular formula is C3H8ClNS. The van der Waals surface area contributed by atoms with Gasteiger partial charge < -0.3 is 5.32 Å². The first-order valence-electron chi connectivity index (χ1n) is 1.79. The monoisotopic (exact) mass is 125 g/mol. The standard InChI is InChI=1S/C3H8ClNS/c4-3-5-1-2-6/h5-6H,1-3H2. The molecule has 0 heterocycles. The third-order valence-electron chi connectivity index (χ3n) is 0.383. The van der Waals surface area contributed by atoms with E-state index in [9.17, 15) is 0 Å². The van der Waals surface area contributed by atoms with E-state index in [1.807, 2.05) is 0 Å². The third kappa shape index (κ3) is 4.60. The zero-order chi connectivity index (χ0) is 4.83. The van der Waals surface area contributed by atoms with Gasteiger partial charge in [-0.2, -0.15) is 12.6 Å². The van der Waals surface area contributed by atoms with Gasteiger partial charge in [0.05, 0.1) is 6.00 Å². The SMILES string of the molecule is SCCNCCl. The van der Waals surface area contributed by atoms with Crippen molar-refractivity contribution >= 4 is 24.2 Å². The molecule has 0 saturated heterocycles. The van der Waals surface area contributed by atoms with Crippen LogP contribution in [-0.4, -0.2) is 18.3 Å². The molecule has 0 aliphatic heterocycles. The van der Waals surface area contributed by atoms with Gasteiger partial charge in [-0.25, -0.2) is 0 Å². The highest BCUT2D eigenvalue weighted by molar-refractivity contribution is 7.80. The van der Waals surface area contributed by atoms with Crippen LogP contribution < -0.4 is 5.32 Å². The zero-order valence-electron chi connectivity index (χ0n) is 3.45. The fourth-order valence-corrected chi connectivity index (χ4v) is 0.438. The summed E-state index contributed by atoms with van der Waals surface area (Å²) in [7, 11) is 0. The van der Waals surface area contributed by atoms with E-state index in [0.717, 1.165) is 12.3 Å². The van der Waals surface area contributed by atoms with Crippen LogP contribution in [0.2, 0.25) is 0 Å². The van der Waals surface area contributed by atoms with Crippen LogP contribution in [0.3, 0.4) is 0 Å². The van der Waals surface area contributed by atoms with Gasteiger partial charge in [-0.3, -0.25) is 0 Å².